The molecule has 1 fully saturated rings. The monoisotopic (exact) mass is 484 g/mol. The second kappa shape index (κ2) is 10.7. The van der Waals surface area contributed by atoms with E-state index in [1.54, 1.807) is 36.7 Å². The highest BCUT2D eigenvalue weighted by Gasteiger charge is 2.34. The Morgan fingerprint density at radius 3 is 2.56 bits per heavy atom. The van der Waals surface area contributed by atoms with Crippen molar-refractivity contribution in [3.05, 3.63) is 96.2 Å². The largest absolute Gasteiger partial charge is 0.361 e. The van der Waals surface area contributed by atoms with Gasteiger partial charge < -0.3 is 10.3 Å². The molecule has 0 unspecified atom stereocenters. The highest BCUT2D eigenvalue weighted by atomic mass is 19.1. The Labute approximate surface area is 209 Å². The van der Waals surface area contributed by atoms with Crippen LogP contribution in [0.3, 0.4) is 0 Å². The Balaban J connectivity index is 1.54. The fraction of sp³-hybridized carbons (Fsp3) is 0.276. The Morgan fingerprint density at radius 2 is 1.81 bits per heavy atom. The van der Waals surface area contributed by atoms with E-state index in [9.17, 15) is 14.0 Å². The number of carbonyl (C=O) groups is 2. The van der Waals surface area contributed by atoms with Gasteiger partial charge in [-0.05, 0) is 54.8 Å². The number of pyridine rings is 1. The summed E-state index contributed by atoms with van der Waals surface area (Å²) in [5.74, 6) is -0.933. The maximum atomic E-state index is 14.0. The van der Waals surface area contributed by atoms with Crippen molar-refractivity contribution in [2.45, 2.75) is 50.6 Å². The second-order valence-electron chi connectivity index (χ2n) is 9.31. The molecule has 6 nitrogen and oxygen atoms in total. The second-order valence-corrected chi connectivity index (χ2v) is 9.31. The molecular formula is C29H29FN4O2. The van der Waals surface area contributed by atoms with E-state index in [0.717, 1.165) is 42.1 Å². The van der Waals surface area contributed by atoms with Crippen molar-refractivity contribution in [1.82, 2.24) is 15.3 Å². The first kappa shape index (κ1) is 23.7. The molecule has 36 heavy (non-hydrogen) atoms. The zero-order chi connectivity index (χ0) is 24.9. The number of anilines is 1. The fourth-order valence-electron chi connectivity index (χ4n) is 5.05. The van der Waals surface area contributed by atoms with Gasteiger partial charge in [-0.3, -0.25) is 19.5 Å². The number of aromatic nitrogens is 2. The number of rotatable bonds is 7. The molecule has 4 aromatic rings. The lowest BCUT2D eigenvalue weighted by Crippen LogP contribution is -2.47. The molecule has 2 amide bonds. The zero-order valence-electron chi connectivity index (χ0n) is 20.0. The molecule has 1 aliphatic carbocycles. The van der Waals surface area contributed by atoms with Crippen LogP contribution in [0, 0.1) is 5.82 Å². The van der Waals surface area contributed by atoms with Crippen LogP contribution in [0.2, 0.25) is 0 Å². The third-order valence-corrected chi connectivity index (χ3v) is 6.85. The van der Waals surface area contributed by atoms with Crippen molar-refractivity contribution in [2.75, 3.05) is 4.90 Å². The maximum absolute atomic E-state index is 14.0. The van der Waals surface area contributed by atoms with Crippen molar-refractivity contribution >= 4 is 28.4 Å². The summed E-state index contributed by atoms with van der Waals surface area (Å²) in [6.45, 7) is 0. The van der Waals surface area contributed by atoms with Gasteiger partial charge in [0.05, 0.1) is 6.42 Å². The van der Waals surface area contributed by atoms with E-state index < -0.39 is 11.9 Å². The summed E-state index contributed by atoms with van der Waals surface area (Å²) >= 11 is 0. The first-order valence-electron chi connectivity index (χ1n) is 12.4. The molecule has 2 aromatic heterocycles. The van der Waals surface area contributed by atoms with Gasteiger partial charge in [0.2, 0.25) is 11.8 Å². The normalized spacial score (nSPS) is 14.9. The summed E-state index contributed by atoms with van der Waals surface area (Å²) in [5, 5.41) is 4.13. The van der Waals surface area contributed by atoms with Crippen LogP contribution in [0.15, 0.2) is 79.3 Å². The fourth-order valence-corrected chi connectivity index (χ4v) is 5.05. The highest BCUT2D eigenvalue weighted by molar-refractivity contribution is 6.03. The van der Waals surface area contributed by atoms with Crippen LogP contribution in [0.5, 0.6) is 0 Å². The minimum Gasteiger partial charge on any atom is -0.361 e. The van der Waals surface area contributed by atoms with Crippen LogP contribution in [-0.2, 0) is 16.0 Å². The number of benzene rings is 2. The van der Waals surface area contributed by atoms with Crippen molar-refractivity contribution in [3.63, 3.8) is 0 Å². The molecule has 2 heterocycles. The Morgan fingerprint density at radius 1 is 1.03 bits per heavy atom. The number of nitrogens with zero attached hydrogens (tertiary/aromatic N) is 2. The van der Waals surface area contributed by atoms with Crippen molar-refractivity contribution in [1.29, 1.82) is 0 Å². The van der Waals surface area contributed by atoms with Gasteiger partial charge in [-0.1, -0.05) is 43.5 Å². The smallest absolute Gasteiger partial charge is 0.248 e. The van der Waals surface area contributed by atoms with E-state index in [0.29, 0.717) is 11.3 Å². The molecule has 0 spiro atoms. The molecule has 0 bridgehead atoms. The average Bonchev–Trinajstić information content (AvgIpc) is 3.31. The number of para-hydroxylation sites is 1. The van der Waals surface area contributed by atoms with Gasteiger partial charge in [-0.2, -0.15) is 0 Å². The molecular weight excluding hydrogens is 455 g/mol. The molecule has 5 rings (SSSR count). The first-order valence-corrected chi connectivity index (χ1v) is 12.4. The molecule has 1 saturated carbocycles. The Kier molecular flexibility index (Phi) is 7.07. The predicted molar refractivity (Wildman–Crippen MR) is 138 cm³/mol. The number of nitrogens with one attached hydrogen (secondary N) is 2. The van der Waals surface area contributed by atoms with E-state index in [1.165, 1.54) is 23.5 Å². The Bertz CT molecular complexity index is 1330. The number of amides is 2. The van der Waals surface area contributed by atoms with E-state index >= 15 is 0 Å². The summed E-state index contributed by atoms with van der Waals surface area (Å²) in [7, 11) is 0. The van der Waals surface area contributed by atoms with Crippen molar-refractivity contribution < 1.29 is 14.0 Å². The third-order valence-electron chi connectivity index (χ3n) is 6.85. The minimum absolute atomic E-state index is 0.0733. The average molecular weight is 485 g/mol. The minimum atomic E-state index is -0.941. The molecule has 7 heteroatoms. The topological polar surface area (TPSA) is 78.1 Å². The lowest BCUT2D eigenvalue weighted by molar-refractivity contribution is -0.127. The van der Waals surface area contributed by atoms with Crippen LogP contribution in [0.25, 0.3) is 10.9 Å². The number of hydrogen-bond acceptors (Lipinski definition) is 3. The van der Waals surface area contributed by atoms with Gasteiger partial charge in [0, 0.05) is 46.8 Å². The zero-order valence-corrected chi connectivity index (χ0v) is 20.0. The predicted octanol–water partition coefficient (Wildman–Crippen LogP) is 5.47. The summed E-state index contributed by atoms with van der Waals surface area (Å²) < 4.78 is 13.8. The number of hydrogen-bond donors (Lipinski definition) is 2. The molecule has 2 aromatic carbocycles. The summed E-state index contributed by atoms with van der Waals surface area (Å²) in [4.78, 5) is 36.7. The number of H-pyrrole nitrogens is 1. The molecule has 0 saturated heterocycles. The Hall–Kier alpha value is -4.00. The first-order chi connectivity index (χ1) is 17.6. The maximum Gasteiger partial charge on any atom is 0.248 e. The highest BCUT2D eigenvalue weighted by Crippen LogP contribution is 2.30. The van der Waals surface area contributed by atoms with Crippen molar-refractivity contribution in [3.8, 4) is 0 Å². The van der Waals surface area contributed by atoms with Crippen LogP contribution in [-0.4, -0.2) is 27.8 Å². The summed E-state index contributed by atoms with van der Waals surface area (Å²) in [6.07, 6.45) is 10.3. The van der Waals surface area contributed by atoms with E-state index in [1.807, 2.05) is 30.5 Å². The molecule has 184 valence electrons. The van der Waals surface area contributed by atoms with E-state index in [4.69, 9.17) is 0 Å². The molecule has 1 aliphatic rings. The quantitative estimate of drug-likeness (QED) is 0.365. The van der Waals surface area contributed by atoms with Crippen LogP contribution < -0.4 is 10.2 Å². The van der Waals surface area contributed by atoms with E-state index in [2.05, 4.69) is 15.3 Å². The van der Waals surface area contributed by atoms with Gasteiger partial charge in [-0.15, -0.1) is 0 Å². The molecule has 0 aliphatic heterocycles. The number of fused-ring (bicyclic) bond motifs is 1. The van der Waals surface area contributed by atoms with Gasteiger partial charge >= 0.3 is 0 Å². The van der Waals surface area contributed by atoms with E-state index in [-0.39, 0.29) is 24.3 Å². The van der Waals surface area contributed by atoms with Gasteiger partial charge in [0.1, 0.15) is 11.9 Å². The van der Waals surface area contributed by atoms with Crippen LogP contribution in [0.1, 0.15) is 49.3 Å². The molecule has 0 radical (unpaired) electrons. The summed E-state index contributed by atoms with van der Waals surface area (Å²) in [5.41, 5.74) is 2.82. The lowest BCUT2D eigenvalue weighted by atomic mass is 9.94. The standard InChI is InChI=1S/C29H29FN4O2/c30-22-12-14-24(15-13-22)34(27(35)17-21-19-32-26-11-5-4-10-25(21)26)28(20-7-6-16-31-18-20)29(36)33-23-8-2-1-3-9-23/h4-7,10-16,18-19,23,28,32H,1-3,8-9,17H2,(H,33,36)/t28-/m1/s1. The molecule has 1 atom stereocenters. The van der Waals surface area contributed by atoms with Gasteiger partial charge in [0.25, 0.3) is 0 Å². The summed E-state index contributed by atoms with van der Waals surface area (Å²) in [6, 6.07) is 16.2. The van der Waals surface area contributed by atoms with Crippen LogP contribution >= 0.6 is 0 Å². The number of aromatic amines is 1. The lowest BCUT2D eigenvalue weighted by Gasteiger charge is -2.33. The number of carbonyl (C=O) groups excluding carboxylic acids is 2. The molecule has 2 N–H and O–H groups in total. The van der Waals surface area contributed by atoms with Gasteiger partial charge in [0.15, 0.2) is 0 Å². The van der Waals surface area contributed by atoms with Gasteiger partial charge in [-0.25, -0.2) is 4.39 Å². The number of halogens is 1. The third kappa shape index (κ3) is 5.15. The van der Waals surface area contributed by atoms with Crippen molar-refractivity contribution in [2.24, 2.45) is 0 Å². The van der Waals surface area contributed by atoms with Crippen LogP contribution in [0.4, 0.5) is 10.1 Å². The SMILES string of the molecule is O=C(NC1CCCCC1)[C@@H](c1cccnc1)N(C(=O)Cc1c[nH]c2ccccc12)c1ccc(F)cc1.